The number of ether oxygens (including phenoxy) is 1. The third-order valence-electron chi connectivity index (χ3n) is 4.08. The van der Waals surface area contributed by atoms with E-state index < -0.39 is 22.0 Å². The third kappa shape index (κ3) is 4.04. The fourth-order valence-electron chi connectivity index (χ4n) is 2.92. The number of benzene rings is 1. The molecule has 2 aromatic rings. The maximum absolute atomic E-state index is 12.3. The summed E-state index contributed by atoms with van der Waals surface area (Å²) in [5.74, 6) is -0.879. The maximum Gasteiger partial charge on any atom is 0.259 e. The van der Waals surface area contributed by atoms with Crippen LogP contribution in [0.1, 0.15) is 21.3 Å². The van der Waals surface area contributed by atoms with Crippen molar-refractivity contribution in [1.29, 1.82) is 0 Å². The summed E-state index contributed by atoms with van der Waals surface area (Å²) in [6.07, 6.45) is 0.503. The van der Waals surface area contributed by atoms with Crippen molar-refractivity contribution in [3.8, 4) is 0 Å². The van der Waals surface area contributed by atoms with Crippen LogP contribution in [-0.2, 0) is 19.6 Å². The van der Waals surface area contributed by atoms with Gasteiger partial charge in [0.05, 0.1) is 30.8 Å². The molecular weight excluding hydrogens is 378 g/mol. The van der Waals surface area contributed by atoms with Gasteiger partial charge in [0.1, 0.15) is 6.10 Å². The van der Waals surface area contributed by atoms with Crippen LogP contribution in [0.15, 0.2) is 24.3 Å². The summed E-state index contributed by atoms with van der Waals surface area (Å²) < 4.78 is 31.3. The molecule has 1 atom stereocenters. The Bertz CT molecular complexity index is 954. The molecule has 26 heavy (non-hydrogen) atoms. The fraction of sp³-hybridized carbons (Fsp3) is 0.375. The molecule has 3 rings (SSSR count). The minimum absolute atomic E-state index is 0.227. The monoisotopic (exact) mass is 397 g/mol. The van der Waals surface area contributed by atoms with Gasteiger partial charge < -0.3 is 15.4 Å². The van der Waals surface area contributed by atoms with Crippen LogP contribution in [0.2, 0.25) is 0 Å². The fourth-order valence-corrected chi connectivity index (χ4v) is 4.42. The number of nitrogens with zero attached hydrogens (tertiary/aromatic N) is 1. The van der Waals surface area contributed by atoms with E-state index in [1.165, 1.54) is 16.2 Å². The van der Waals surface area contributed by atoms with E-state index in [1.54, 1.807) is 0 Å². The molecule has 2 amide bonds. The average Bonchev–Trinajstić information content (AvgIpc) is 2.99. The van der Waals surface area contributed by atoms with Gasteiger partial charge in [0.25, 0.3) is 5.91 Å². The highest BCUT2D eigenvalue weighted by Crippen LogP contribution is 2.37. The molecule has 1 fully saturated rings. The normalized spacial score (nSPS) is 18.2. The number of hydrogen-bond acceptors (Lipinski definition) is 6. The number of carbonyl (C=O) groups excluding carboxylic acids is 2. The Morgan fingerprint density at radius 2 is 2.12 bits per heavy atom. The van der Waals surface area contributed by atoms with Crippen molar-refractivity contribution in [2.45, 2.75) is 6.10 Å². The lowest BCUT2D eigenvalue weighted by Gasteiger charge is -2.33. The summed E-state index contributed by atoms with van der Waals surface area (Å²) in [6.45, 7) is 0.566. The molecule has 0 bridgehead atoms. The van der Waals surface area contributed by atoms with Crippen LogP contribution in [0.5, 0.6) is 0 Å². The molecule has 140 valence electrons. The molecule has 0 saturated carbocycles. The first-order valence-electron chi connectivity index (χ1n) is 7.91. The Morgan fingerprint density at radius 1 is 1.38 bits per heavy atom. The summed E-state index contributed by atoms with van der Waals surface area (Å²) in [6, 6.07) is 7.54. The van der Waals surface area contributed by atoms with E-state index in [1.807, 2.05) is 24.3 Å². The lowest BCUT2D eigenvalue weighted by Crippen LogP contribution is -2.46. The maximum atomic E-state index is 12.3. The largest absolute Gasteiger partial charge is 0.370 e. The number of morpholine rings is 1. The zero-order valence-electron chi connectivity index (χ0n) is 14.1. The molecule has 10 heteroatoms. The summed E-state index contributed by atoms with van der Waals surface area (Å²) in [5, 5.41) is 0.875. The molecule has 3 N–H and O–H groups in total. The Balaban J connectivity index is 1.86. The summed E-state index contributed by atoms with van der Waals surface area (Å²) in [4.78, 5) is 26.1. The van der Waals surface area contributed by atoms with Crippen LogP contribution < -0.4 is 10.5 Å². The van der Waals surface area contributed by atoms with E-state index in [4.69, 9.17) is 10.5 Å². The molecular formula is C16H19N3O5S2. The van der Waals surface area contributed by atoms with Crippen LogP contribution in [-0.4, -0.2) is 57.6 Å². The topological polar surface area (TPSA) is 119 Å². The number of nitrogens with two attached hydrogens (primary N) is 1. The molecule has 2 heterocycles. The highest BCUT2D eigenvalue weighted by Gasteiger charge is 2.30. The zero-order chi connectivity index (χ0) is 18.9. The second-order valence-electron chi connectivity index (χ2n) is 6.00. The average molecular weight is 397 g/mol. The number of hydrogen-bond donors (Lipinski definition) is 2. The third-order valence-corrected chi connectivity index (χ3v) is 5.95. The van der Waals surface area contributed by atoms with Gasteiger partial charge in [0, 0.05) is 16.8 Å². The number of carbonyl (C=O) groups is 2. The molecule has 1 aliphatic heterocycles. The van der Waals surface area contributed by atoms with Crippen LogP contribution in [0.3, 0.4) is 0 Å². The van der Waals surface area contributed by atoms with Crippen molar-refractivity contribution in [3.05, 3.63) is 34.7 Å². The standard InChI is InChI=1S/C16H19N3O5S2/c1-26(22,23)18-8-13(20)19-6-7-24-11(9-19)14-10-4-2-3-5-12(10)25-15(14)16(17)21/h2-5,11,18H,6-9H2,1H3,(H2,17,21)/t11-/m0/s1. The quantitative estimate of drug-likeness (QED) is 0.759. The van der Waals surface area contributed by atoms with Gasteiger partial charge in [-0.05, 0) is 11.5 Å². The molecule has 0 radical (unpaired) electrons. The minimum atomic E-state index is -3.45. The number of fused-ring (bicyclic) bond motifs is 1. The van der Waals surface area contributed by atoms with Gasteiger partial charge in [-0.3, -0.25) is 9.59 Å². The molecule has 1 aliphatic rings. The number of amides is 2. The van der Waals surface area contributed by atoms with Crippen molar-refractivity contribution < 1.29 is 22.7 Å². The Hall–Kier alpha value is -2.01. The van der Waals surface area contributed by atoms with Gasteiger partial charge in [0.15, 0.2) is 0 Å². The van der Waals surface area contributed by atoms with Crippen LogP contribution in [0.4, 0.5) is 0 Å². The van der Waals surface area contributed by atoms with Crippen molar-refractivity contribution in [2.24, 2.45) is 5.73 Å². The van der Waals surface area contributed by atoms with Crippen molar-refractivity contribution >= 4 is 43.3 Å². The number of primary amides is 1. The molecule has 0 spiro atoms. The molecule has 1 saturated heterocycles. The molecule has 1 aromatic heterocycles. The van der Waals surface area contributed by atoms with Crippen LogP contribution >= 0.6 is 11.3 Å². The van der Waals surface area contributed by atoms with E-state index in [2.05, 4.69) is 4.72 Å². The molecule has 0 aliphatic carbocycles. The van der Waals surface area contributed by atoms with Gasteiger partial charge in [-0.1, -0.05) is 18.2 Å². The first-order valence-corrected chi connectivity index (χ1v) is 10.6. The Labute approximate surface area is 155 Å². The van der Waals surface area contributed by atoms with E-state index >= 15 is 0 Å². The summed E-state index contributed by atoms with van der Waals surface area (Å²) in [7, 11) is -3.45. The minimum Gasteiger partial charge on any atom is -0.370 e. The van der Waals surface area contributed by atoms with Crippen molar-refractivity contribution in [3.63, 3.8) is 0 Å². The van der Waals surface area contributed by atoms with Gasteiger partial charge in [-0.15, -0.1) is 11.3 Å². The smallest absolute Gasteiger partial charge is 0.259 e. The van der Waals surface area contributed by atoms with Crippen LogP contribution in [0.25, 0.3) is 10.1 Å². The summed E-state index contributed by atoms with van der Waals surface area (Å²) >= 11 is 1.30. The second kappa shape index (κ2) is 7.31. The second-order valence-corrected chi connectivity index (χ2v) is 8.88. The van der Waals surface area contributed by atoms with E-state index in [0.29, 0.717) is 17.0 Å². The van der Waals surface area contributed by atoms with Crippen LogP contribution in [0, 0.1) is 0 Å². The predicted octanol–water partition coefficient (Wildman–Crippen LogP) is 0.449. The summed E-state index contributed by atoms with van der Waals surface area (Å²) in [5.41, 5.74) is 6.22. The van der Waals surface area contributed by atoms with Gasteiger partial charge >= 0.3 is 0 Å². The SMILES string of the molecule is CS(=O)(=O)NCC(=O)N1CCO[C@H](c2c(C(N)=O)sc3ccccc23)C1. The Kier molecular flexibility index (Phi) is 5.28. The molecule has 0 unspecified atom stereocenters. The van der Waals surface area contributed by atoms with Gasteiger partial charge in [-0.2, -0.15) is 0 Å². The van der Waals surface area contributed by atoms with Crippen molar-refractivity contribution in [2.75, 3.05) is 32.5 Å². The molecule has 1 aromatic carbocycles. The predicted molar refractivity (Wildman–Crippen MR) is 98.5 cm³/mol. The highest BCUT2D eigenvalue weighted by atomic mass is 32.2. The van der Waals surface area contributed by atoms with Gasteiger partial charge in [0.2, 0.25) is 15.9 Å². The first-order chi connectivity index (χ1) is 12.3. The highest BCUT2D eigenvalue weighted by molar-refractivity contribution is 7.88. The zero-order valence-corrected chi connectivity index (χ0v) is 15.7. The van der Waals surface area contributed by atoms with Gasteiger partial charge in [-0.25, -0.2) is 13.1 Å². The Morgan fingerprint density at radius 3 is 2.81 bits per heavy atom. The number of thiophene rings is 1. The molecule has 8 nitrogen and oxygen atoms in total. The first kappa shape index (κ1) is 18.8. The van der Waals surface area contributed by atoms with E-state index in [0.717, 1.165) is 16.3 Å². The number of rotatable bonds is 5. The van der Waals surface area contributed by atoms with E-state index in [-0.39, 0.29) is 25.6 Å². The number of sulfonamides is 1. The number of nitrogens with one attached hydrogen (secondary N) is 1. The van der Waals surface area contributed by atoms with Crippen molar-refractivity contribution in [1.82, 2.24) is 9.62 Å². The lowest BCUT2D eigenvalue weighted by atomic mass is 10.0. The van der Waals surface area contributed by atoms with E-state index in [9.17, 15) is 18.0 Å². The lowest BCUT2D eigenvalue weighted by molar-refractivity contribution is -0.137.